The topological polar surface area (TPSA) is 15.3 Å². The molecule has 0 aliphatic carbocycles. The second kappa shape index (κ2) is 5.83. The van der Waals surface area contributed by atoms with E-state index < -0.39 is 0 Å². The van der Waals surface area contributed by atoms with Crippen LogP contribution in [-0.2, 0) is 0 Å². The Morgan fingerprint density at radius 2 is 1.86 bits per heavy atom. The van der Waals surface area contributed by atoms with Crippen LogP contribution in [0.25, 0.3) is 0 Å². The number of hydrogen-bond donors (Lipinski definition) is 1. The molecule has 0 aliphatic heterocycles. The van der Waals surface area contributed by atoms with Crippen LogP contribution in [-0.4, -0.2) is 34.9 Å². The quantitative estimate of drug-likeness (QED) is 0.556. The zero-order valence-corrected chi connectivity index (χ0v) is 11.4. The summed E-state index contributed by atoms with van der Waals surface area (Å²) in [5, 5.41) is 4.92. The Kier molecular flexibility index (Phi) is 4.69. The Labute approximate surface area is 89.7 Å². The standard InChI is InChI=1S/C11H20N2Si/c1-3-13(4-2)9-12-10-7-5-6-8-11(10)14/h5-8,12H,3-4,9H2,1-2,14H3. The van der Waals surface area contributed by atoms with Gasteiger partial charge >= 0.3 is 0 Å². The summed E-state index contributed by atoms with van der Waals surface area (Å²) >= 11 is 0. The summed E-state index contributed by atoms with van der Waals surface area (Å²) in [4.78, 5) is 2.37. The van der Waals surface area contributed by atoms with Crippen molar-refractivity contribution in [2.75, 3.05) is 25.1 Å². The Hall–Kier alpha value is -0.803. The summed E-state index contributed by atoms with van der Waals surface area (Å²) in [6, 6.07) is 8.54. The van der Waals surface area contributed by atoms with E-state index in [1.54, 1.807) is 0 Å². The van der Waals surface area contributed by atoms with Crippen molar-refractivity contribution in [2.45, 2.75) is 13.8 Å². The minimum atomic E-state index is 0.951. The van der Waals surface area contributed by atoms with Crippen molar-refractivity contribution in [2.24, 2.45) is 0 Å². The van der Waals surface area contributed by atoms with E-state index in [-0.39, 0.29) is 0 Å². The van der Waals surface area contributed by atoms with E-state index in [4.69, 9.17) is 0 Å². The average molecular weight is 208 g/mol. The lowest BCUT2D eigenvalue weighted by atomic mass is 10.3. The van der Waals surface area contributed by atoms with Crippen LogP contribution >= 0.6 is 0 Å². The fourth-order valence-corrected chi connectivity index (χ4v) is 1.95. The smallest absolute Gasteiger partial charge is 0.0678 e. The predicted octanol–water partition coefficient (Wildman–Crippen LogP) is 0.388. The molecule has 0 atom stereocenters. The molecule has 1 rings (SSSR count). The summed E-state index contributed by atoms with van der Waals surface area (Å²) < 4.78 is 0. The van der Waals surface area contributed by atoms with Gasteiger partial charge in [0.15, 0.2) is 0 Å². The average Bonchev–Trinajstić information content (AvgIpc) is 2.22. The van der Waals surface area contributed by atoms with Crippen LogP contribution in [0.15, 0.2) is 24.3 Å². The Morgan fingerprint density at radius 1 is 1.21 bits per heavy atom. The van der Waals surface area contributed by atoms with Crippen LogP contribution in [0.3, 0.4) is 0 Å². The highest BCUT2D eigenvalue weighted by atomic mass is 28.1. The first kappa shape index (κ1) is 11.3. The number of benzene rings is 1. The van der Waals surface area contributed by atoms with Crippen molar-refractivity contribution in [3.63, 3.8) is 0 Å². The van der Waals surface area contributed by atoms with E-state index in [2.05, 4.69) is 48.3 Å². The molecule has 0 saturated carbocycles. The summed E-state index contributed by atoms with van der Waals surface area (Å²) in [7, 11) is 1.11. The molecule has 0 saturated heterocycles. The van der Waals surface area contributed by atoms with E-state index in [1.165, 1.54) is 10.9 Å². The number of rotatable bonds is 5. The van der Waals surface area contributed by atoms with Crippen molar-refractivity contribution in [1.29, 1.82) is 0 Å². The third kappa shape index (κ3) is 3.16. The summed E-state index contributed by atoms with van der Waals surface area (Å²) in [6.45, 7) is 7.54. The van der Waals surface area contributed by atoms with E-state index >= 15 is 0 Å². The molecule has 0 heterocycles. The van der Waals surface area contributed by atoms with Crippen LogP contribution in [0, 0.1) is 0 Å². The number of nitrogens with zero attached hydrogens (tertiary/aromatic N) is 1. The van der Waals surface area contributed by atoms with Gasteiger partial charge in [-0.15, -0.1) is 0 Å². The van der Waals surface area contributed by atoms with E-state index in [0.29, 0.717) is 0 Å². The van der Waals surface area contributed by atoms with Gasteiger partial charge in [0.1, 0.15) is 0 Å². The minimum absolute atomic E-state index is 0.951. The molecule has 0 spiro atoms. The second-order valence-corrected chi connectivity index (χ2v) is 4.53. The second-order valence-electron chi connectivity index (χ2n) is 3.45. The normalized spacial score (nSPS) is 10.8. The predicted molar refractivity (Wildman–Crippen MR) is 67.4 cm³/mol. The van der Waals surface area contributed by atoms with Crippen molar-refractivity contribution < 1.29 is 0 Å². The van der Waals surface area contributed by atoms with Gasteiger partial charge in [-0.25, -0.2) is 0 Å². The summed E-state index contributed by atoms with van der Waals surface area (Å²) in [6.07, 6.45) is 0. The Bertz CT molecular complexity index is 272. The van der Waals surface area contributed by atoms with Gasteiger partial charge in [-0.2, -0.15) is 0 Å². The number of anilines is 1. The molecule has 0 aromatic heterocycles. The fourth-order valence-electron chi connectivity index (χ4n) is 1.42. The molecule has 1 aromatic carbocycles. The summed E-state index contributed by atoms with van der Waals surface area (Å²) in [5.74, 6) is 0. The molecule has 1 aromatic rings. The maximum Gasteiger partial charge on any atom is 0.0678 e. The highest BCUT2D eigenvalue weighted by Crippen LogP contribution is 2.01. The monoisotopic (exact) mass is 208 g/mol. The largest absolute Gasteiger partial charge is 0.372 e. The molecular formula is C11H20N2Si. The molecule has 1 N–H and O–H groups in total. The van der Waals surface area contributed by atoms with Crippen LogP contribution in [0.4, 0.5) is 5.69 Å². The third-order valence-electron chi connectivity index (χ3n) is 2.53. The van der Waals surface area contributed by atoms with Gasteiger partial charge < -0.3 is 5.32 Å². The lowest BCUT2D eigenvalue weighted by molar-refractivity contribution is 0.326. The van der Waals surface area contributed by atoms with Crippen molar-refractivity contribution in [1.82, 2.24) is 4.90 Å². The first-order chi connectivity index (χ1) is 6.77. The molecule has 78 valence electrons. The lowest BCUT2D eigenvalue weighted by Gasteiger charge is -2.20. The van der Waals surface area contributed by atoms with Gasteiger partial charge in [0, 0.05) is 15.9 Å². The van der Waals surface area contributed by atoms with E-state index in [9.17, 15) is 0 Å². The van der Waals surface area contributed by atoms with Gasteiger partial charge in [0.05, 0.1) is 6.67 Å². The Balaban J connectivity index is 2.49. The Morgan fingerprint density at radius 3 is 2.43 bits per heavy atom. The molecule has 0 radical (unpaired) electrons. The SMILES string of the molecule is CCN(CC)CNc1ccccc1[SiH3]. The van der Waals surface area contributed by atoms with Crippen LogP contribution in [0.2, 0.25) is 0 Å². The number of nitrogens with one attached hydrogen (secondary N) is 1. The maximum atomic E-state index is 3.48. The van der Waals surface area contributed by atoms with Crippen molar-refractivity contribution in [3.8, 4) is 0 Å². The molecular weight excluding hydrogens is 188 g/mol. The molecule has 14 heavy (non-hydrogen) atoms. The number of hydrogen-bond acceptors (Lipinski definition) is 2. The van der Waals surface area contributed by atoms with Crippen LogP contribution < -0.4 is 10.5 Å². The van der Waals surface area contributed by atoms with E-state index in [1.807, 2.05) is 0 Å². The highest BCUT2D eigenvalue weighted by molar-refractivity contribution is 6.35. The highest BCUT2D eigenvalue weighted by Gasteiger charge is 1.99. The first-order valence-corrected chi connectivity index (χ1v) is 6.29. The van der Waals surface area contributed by atoms with Gasteiger partial charge in [0.2, 0.25) is 0 Å². The van der Waals surface area contributed by atoms with Crippen LogP contribution in [0.1, 0.15) is 13.8 Å². The number of para-hydroxylation sites is 1. The fraction of sp³-hybridized carbons (Fsp3) is 0.455. The molecule has 0 aliphatic rings. The van der Waals surface area contributed by atoms with Gasteiger partial charge in [-0.1, -0.05) is 32.0 Å². The van der Waals surface area contributed by atoms with Gasteiger partial charge in [0.25, 0.3) is 0 Å². The van der Waals surface area contributed by atoms with Crippen LogP contribution in [0.5, 0.6) is 0 Å². The molecule has 0 amide bonds. The zero-order chi connectivity index (χ0) is 10.4. The molecule has 0 bridgehead atoms. The van der Waals surface area contributed by atoms with Gasteiger partial charge in [-0.3, -0.25) is 4.90 Å². The molecule has 0 unspecified atom stereocenters. The first-order valence-electron chi connectivity index (χ1n) is 5.29. The van der Waals surface area contributed by atoms with Crippen molar-refractivity contribution in [3.05, 3.63) is 24.3 Å². The molecule has 2 nitrogen and oxygen atoms in total. The van der Waals surface area contributed by atoms with E-state index in [0.717, 1.165) is 30.0 Å². The molecule has 3 heteroatoms. The minimum Gasteiger partial charge on any atom is -0.372 e. The zero-order valence-electron chi connectivity index (χ0n) is 9.38. The van der Waals surface area contributed by atoms with Gasteiger partial charge in [-0.05, 0) is 24.3 Å². The third-order valence-corrected chi connectivity index (χ3v) is 3.40. The molecule has 0 fully saturated rings. The maximum absolute atomic E-state index is 3.48. The van der Waals surface area contributed by atoms with Crippen molar-refractivity contribution >= 4 is 21.1 Å². The summed E-state index contributed by atoms with van der Waals surface area (Å²) in [5.41, 5.74) is 1.30. The lowest BCUT2D eigenvalue weighted by Crippen LogP contribution is -2.30.